The minimum Gasteiger partial charge on any atom is -0.377 e. The molecular weight excluding hydrogens is 212 g/mol. The van der Waals surface area contributed by atoms with E-state index in [1.54, 1.807) is 0 Å². The fraction of sp³-hybridized carbons (Fsp3) is 1.00. The second-order valence-electron chi connectivity index (χ2n) is 5.68. The molecule has 0 aromatic heterocycles. The van der Waals surface area contributed by atoms with Crippen LogP contribution < -0.4 is 5.73 Å². The average molecular weight is 242 g/mol. The molecule has 1 rings (SSSR count). The summed E-state index contributed by atoms with van der Waals surface area (Å²) < 4.78 is 5.64. The van der Waals surface area contributed by atoms with Crippen LogP contribution in [0.2, 0.25) is 0 Å². The maximum Gasteiger partial charge on any atom is 0.0597 e. The summed E-state index contributed by atoms with van der Waals surface area (Å²) >= 11 is 0. The Balaban J connectivity index is 2.46. The largest absolute Gasteiger partial charge is 0.377 e. The SMILES string of the molecule is CC(C)OCCN(C)C1(CN)CCCCCC1. The van der Waals surface area contributed by atoms with Crippen LogP contribution in [0.15, 0.2) is 0 Å². The van der Waals surface area contributed by atoms with Crippen LogP contribution in [0.5, 0.6) is 0 Å². The molecular formula is C14H30N2O. The summed E-state index contributed by atoms with van der Waals surface area (Å²) in [7, 11) is 2.21. The average Bonchev–Trinajstić information content (AvgIpc) is 2.54. The van der Waals surface area contributed by atoms with Crippen molar-refractivity contribution in [2.45, 2.75) is 64.0 Å². The van der Waals surface area contributed by atoms with Crippen LogP contribution in [0.3, 0.4) is 0 Å². The lowest BCUT2D eigenvalue weighted by Crippen LogP contribution is -2.52. The number of hydrogen-bond donors (Lipinski definition) is 1. The Kier molecular flexibility index (Phi) is 6.45. The summed E-state index contributed by atoms with van der Waals surface area (Å²) in [6.45, 7) is 6.77. The summed E-state index contributed by atoms with van der Waals surface area (Å²) in [5, 5.41) is 0. The van der Waals surface area contributed by atoms with Gasteiger partial charge in [0.05, 0.1) is 12.7 Å². The first-order valence-electron chi connectivity index (χ1n) is 7.14. The van der Waals surface area contributed by atoms with E-state index in [1.807, 2.05) is 0 Å². The van der Waals surface area contributed by atoms with Crippen molar-refractivity contribution in [3.63, 3.8) is 0 Å². The van der Waals surface area contributed by atoms with Crippen LogP contribution in [-0.2, 0) is 4.74 Å². The Morgan fingerprint density at radius 1 is 1.18 bits per heavy atom. The first-order chi connectivity index (χ1) is 8.10. The first kappa shape index (κ1) is 14.9. The predicted octanol–water partition coefficient (Wildman–Crippen LogP) is 2.39. The van der Waals surface area contributed by atoms with Gasteiger partial charge in [0, 0.05) is 18.6 Å². The highest BCUT2D eigenvalue weighted by Crippen LogP contribution is 2.30. The van der Waals surface area contributed by atoms with Crippen LogP contribution in [0.25, 0.3) is 0 Å². The van der Waals surface area contributed by atoms with Gasteiger partial charge >= 0.3 is 0 Å². The normalized spacial score (nSPS) is 20.8. The third kappa shape index (κ3) is 4.57. The van der Waals surface area contributed by atoms with Crippen molar-refractivity contribution in [3.8, 4) is 0 Å². The van der Waals surface area contributed by atoms with Gasteiger partial charge in [-0.05, 0) is 33.7 Å². The van der Waals surface area contributed by atoms with Crippen molar-refractivity contribution in [1.82, 2.24) is 4.90 Å². The Morgan fingerprint density at radius 2 is 1.76 bits per heavy atom. The van der Waals surface area contributed by atoms with Crippen LogP contribution in [0.1, 0.15) is 52.4 Å². The number of ether oxygens (including phenoxy) is 1. The molecule has 0 saturated heterocycles. The Bertz CT molecular complexity index is 198. The number of hydrogen-bond acceptors (Lipinski definition) is 3. The van der Waals surface area contributed by atoms with Crippen molar-refractivity contribution < 1.29 is 4.74 Å². The van der Waals surface area contributed by atoms with Crippen LogP contribution in [0, 0.1) is 0 Å². The van der Waals surface area contributed by atoms with E-state index in [0.29, 0.717) is 6.10 Å². The molecule has 3 heteroatoms. The quantitative estimate of drug-likeness (QED) is 0.727. The van der Waals surface area contributed by atoms with E-state index in [4.69, 9.17) is 10.5 Å². The van der Waals surface area contributed by atoms with Crippen molar-refractivity contribution in [3.05, 3.63) is 0 Å². The molecule has 1 fully saturated rings. The maximum absolute atomic E-state index is 6.06. The summed E-state index contributed by atoms with van der Waals surface area (Å²) in [5.74, 6) is 0. The van der Waals surface area contributed by atoms with Gasteiger partial charge < -0.3 is 10.5 Å². The summed E-state index contributed by atoms with van der Waals surface area (Å²) in [5.41, 5.74) is 6.29. The molecule has 102 valence electrons. The number of nitrogens with zero attached hydrogens (tertiary/aromatic N) is 1. The zero-order chi connectivity index (χ0) is 12.7. The molecule has 2 N–H and O–H groups in total. The van der Waals surface area contributed by atoms with Gasteiger partial charge in [-0.1, -0.05) is 25.7 Å². The van der Waals surface area contributed by atoms with Crippen molar-refractivity contribution in [2.24, 2.45) is 5.73 Å². The lowest BCUT2D eigenvalue weighted by Gasteiger charge is -2.41. The minimum absolute atomic E-state index is 0.233. The molecule has 0 amide bonds. The Hall–Kier alpha value is -0.120. The molecule has 1 saturated carbocycles. The lowest BCUT2D eigenvalue weighted by molar-refractivity contribution is 0.0297. The van der Waals surface area contributed by atoms with E-state index in [2.05, 4.69) is 25.8 Å². The molecule has 17 heavy (non-hydrogen) atoms. The van der Waals surface area contributed by atoms with Gasteiger partial charge in [0.15, 0.2) is 0 Å². The van der Waals surface area contributed by atoms with Gasteiger partial charge in [0.2, 0.25) is 0 Å². The van der Waals surface area contributed by atoms with Crippen molar-refractivity contribution in [1.29, 1.82) is 0 Å². The highest BCUT2D eigenvalue weighted by molar-refractivity contribution is 4.91. The van der Waals surface area contributed by atoms with Crippen molar-refractivity contribution in [2.75, 3.05) is 26.7 Å². The summed E-state index contributed by atoms with van der Waals surface area (Å²) in [6, 6.07) is 0. The predicted molar refractivity (Wildman–Crippen MR) is 73.2 cm³/mol. The van der Waals surface area contributed by atoms with Gasteiger partial charge in [-0.15, -0.1) is 0 Å². The molecule has 0 aromatic carbocycles. The smallest absolute Gasteiger partial charge is 0.0597 e. The molecule has 0 heterocycles. The van der Waals surface area contributed by atoms with Gasteiger partial charge in [-0.3, -0.25) is 4.90 Å². The van der Waals surface area contributed by atoms with Crippen LogP contribution >= 0.6 is 0 Å². The second-order valence-corrected chi connectivity index (χ2v) is 5.68. The number of nitrogens with two attached hydrogens (primary N) is 1. The monoisotopic (exact) mass is 242 g/mol. The minimum atomic E-state index is 0.233. The van der Waals surface area contributed by atoms with E-state index in [1.165, 1.54) is 38.5 Å². The molecule has 1 aliphatic carbocycles. The topological polar surface area (TPSA) is 38.5 Å². The standard InChI is InChI=1S/C14H30N2O/c1-13(2)17-11-10-16(3)14(12-15)8-6-4-5-7-9-14/h13H,4-12,15H2,1-3H3. The molecule has 0 radical (unpaired) electrons. The molecule has 3 nitrogen and oxygen atoms in total. The molecule has 1 aliphatic rings. The van der Waals surface area contributed by atoms with Gasteiger partial charge in [0.1, 0.15) is 0 Å². The molecule has 0 spiro atoms. The Morgan fingerprint density at radius 3 is 2.24 bits per heavy atom. The Labute approximate surface area is 107 Å². The number of likely N-dealkylation sites (N-methyl/N-ethyl adjacent to an activating group) is 1. The second kappa shape index (κ2) is 7.34. The highest BCUT2D eigenvalue weighted by atomic mass is 16.5. The fourth-order valence-corrected chi connectivity index (χ4v) is 2.79. The number of rotatable bonds is 6. The summed E-state index contributed by atoms with van der Waals surface area (Å²) in [6.07, 6.45) is 8.23. The summed E-state index contributed by atoms with van der Waals surface area (Å²) in [4.78, 5) is 2.45. The van der Waals surface area contributed by atoms with Crippen LogP contribution in [-0.4, -0.2) is 43.3 Å². The molecule has 0 bridgehead atoms. The van der Waals surface area contributed by atoms with E-state index >= 15 is 0 Å². The van der Waals surface area contributed by atoms with E-state index in [-0.39, 0.29) is 5.54 Å². The third-order valence-electron chi connectivity index (χ3n) is 4.10. The molecule has 0 aliphatic heterocycles. The molecule has 0 unspecified atom stereocenters. The molecule has 0 aromatic rings. The first-order valence-corrected chi connectivity index (χ1v) is 7.14. The fourth-order valence-electron chi connectivity index (χ4n) is 2.79. The zero-order valence-electron chi connectivity index (χ0n) is 11.9. The highest BCUT2D eigenvalue weighted by Gasteiger charge is 2.33. The van der Waals surface area contributed by atoms with Crippen LogP contribution in [0.4, 0.5) is 0 Å². The van der Waals surface area contributed by atoms with Gasteiger partial charge in [-0.2, -0.15) is 0 Å². The maximum atomic E-state index is 6.06. The van der Waals surface area contributed by atoms with Gasteiger partial charge in [-0.25, -0.2) is 0 Å². The van der Waals surface area contributed by atoms with Crippen molar-refractivity contribution >= 4 is 0 Å². The van der Waals surface area contributed by atoms with Gasteiger partial charge in [0.25, 0.3) is 0 Å². The van der Waals surface area contributed by atoms with E-state index in [9.17, 15) is 0 Å². The van der Waals surface area contributed by atoms with E-state index in [0.717, 1.165) is 19.7 Å². The lowest BCUT2D eigenvalue weighted by atomic mass is 9.88. The molecule has 0 atom stereocenters. The third-order valence-corrected chi connectivity index (χ3v) is 4.10. The van der Waals surface area contributed by atoms with E-state index < -0.39 is 0 Å². The zero-order valence-corrected chi connectivity index (χ0v) is 11.9.